The number of halogens is 5. The molecule has 3 aromatic rings. The van der Waals surface area contributed by atoms with E-state index < -0.39 is 41.2 Å². The van der Waals surface area contributed by atoms with Crippen molar-refractivity contribution in [3.63, 3.8) is 0 Å². The van der Waals surface area contributed by atoms with Gasteiger partial charge in [-0.3, -0.25) is 9.59 Å². The standard InChI is InChI=1S/C21H16ClF4N3O3/c1-11(18(30)21(24,25)26)27-19(31)16-10-17(12-5-7-13(22)8-6-12)28-29(20(16)32)15-4-2-3-14(23)9-15/h2-11,18,30H,1H3,(H,27,31)/t11-,18+/m1/s1. The summed E-state index contributed by atoms with van der Waals surface area (Å²) in [4.78, 5) is 25.6. The summed E-state index contributed by atoms with van der Waals surface area (Å²) in [5, 5.41) is 15.9. The molecule has 1 heterocycles. The van der Waals surface area contributed by atoms with Crippen molar-refractivity contribution in [2.45, 2.75) is 25.2 Å². The van der Waals surface area contributed by atoms with Crippen molar-refractivity contribution >= 4 is 17.5 Å². The van der Waals surface area contributed by atoms with Crippen molar-refractivity contribution in [2.24, 2.45) is 0 Å². The number of aliphatic hydroxyl groups excluding tert-OH is 1. The van der Waals surface area contributed by atoms with Crippen molar-refractivity contribution in [3.8, 4) is 16.9 Å². The van der Waals surface area contributed by atoms with E-state index in [4.69, 9.17) is 11.6 Å². The quantitative estimate of drug-likeness (QED) is 0.558. The molecule has 2 N–H and O–H groups in total. The summed E-state index contributed by atoms with van der Waals surface area (Å²) in [7, 11) is 0. The molecular weight excluding hydrogens is 454 g/mol. The van der Waals surface area contributed by atoms with Gasteiger partial charge >= 0.3 is 6.18 Å². The molecule has 0 bridgehead atoms. The van der Waals surface area contributed by atoms with Crippen LogP contribution in [0.1, 0.15) is 17.3 Å². The first-order chi connectivity index (χ1) is 15.0. The maximum Gasteiger partial charge on any atom is 0.416 e. The summed E-state index contributed by atoms with van der Waals surface area (Å²) in [5.74, 6) is -1.82. The lowest BCUT2D eigenvalue weighted by atomic mass is 10.1. The lowest BCUT2D eigenvalue weighted by Crippen LogP contribution is -2.49. The summed E-state index contributed by atoms with van der Waals surface area (Å²) in [5.41, 5.74) is -0.977. The zero-order chi connectivity index (χ0) is 23.6. The lowest BCUT2D eigenvalue weighted by Gasteiger charge is -2.22. The van der Waals surface area contributed by atoms with Gasteiger partial charge in [0.15, 0.2) is 6.10 Å². The van der Waals surface area contributed by atoms with E-state index in [0.29, 0.717) is 10.6 Å². The SMILES string of the molecule is C[C@@H](NC(=O)c1cc(-c2ccc(Cl)cc2)nn(-c2cccc(F)c2)c1=O)[C@H](O)C(F)(F)F. The average Bonchev–Trinajstić information content (AvgIpc) is 2.73. The number of hydrogen-bond acceptors (Lipinski definition) is 4. The van der Waals surface area contributed by atoms with Crippen molar-refractivity contribution in [3.05, 3.63) is 81.4 Å². The molecule has 0 fully saturated rings. The number of rotatable bonds is 5. The molecule has 3 rings (SSSR count). The Morgan fingerprint density at radius 1 is 1.16 bits per heavy atom. The third-order valence-corrected chi connectivity index (χ3v) is 4.77. The van der Waals surface area contributed by atoms with Gasteiger partial charge in [-0.1, -0.05) is 29.8 Å². The van der Waals surface area contributed by atoms with Gasteiger partial charge in [-0.15, -0.1) is 0 Å². The number of nitrogens with one attached hydrogen (secondary N) is 1. The van der Waals surface area contributed by atoms with Crippen molar-refractivity contribution in [1.29, 1.82) is 0 Å². The Labute approximate surface area is 184 Å². The smallest absolute Gasteiger partial charge is 0.382 e. The maximum absolute atomic E-state index is 13.7. The molecule has 2 atom stereocenters. The maximum atomic E-state index is 13.7. The summed E-state index contributed by atoms with van der Waals surface area (Å²) < 4.78 is 52.7. The van der Waals surface area contributed by atoms with Crippen molar-refractivity contribution in [2.75, 3.05) is 0 Å². The predicted molar refractivity (Wildman–Crippen MR) is 109 cm³/mol. The van der Waals surface area contributed by atoms with E-state index in [-0.39, 0.29) is 11.4 Å². The Morgan fingerprint density at radius 2 is 1.81 bits per heavy atom. The Bertz CT molecular complexity index is 1200. The monoisotopic (exact) mass is 469 g/mol. The first-order valence-electron chi connectivity index (χ1n) is 9.19. The molecule has 6 nitrogen and oxygen atoms in total. The first kappa shape index (κ1) is 23.4. The van der Waals surface area contributed by atoms with Crippen LogP contribution < -0.4 is 10.9 Å². The molecule has 1 aromatic heterocycles. The number of amides is 1. The summed E-state index contributed by atoms with van der Waals surface area (Å²) in [6.07, 6.45) is -7.81. The van der Waals surface area contributed by atoms with Crippen molar-refractivity contribution in [1.82, 2.24) is 15.1 Å². The highest BCUT2D eigenvalue weighted by atomic mass is 35.5. The van der Waals surface area contributed by atoms with Gasteiger partial charge in [0.2, 0.25) is 0 Å². The van der Waals surface area contributed by atoms with E-state index >= 15 is 0 Å². The Morgan fingerprint density at radius 3 is 2.41 bits per heavy atom. The van der Waals surface area contributed by atoms with Crippen LogP contribution in [0.15, 0.2) is 59.4 Å². The third-order valence-electron chi connectivity index (χ3n) is 4.52. The van der Waals surface area contributed by atoms with E-state index in [9.17, 15) is 32.3 Å². The first-order valence-corrected chi connectivity index (χ1v) is 9.57. The second-order valence-electron chi connectivity index (χ2n) is 6.90. The Kier molecular flexibility index (Phi) is 6.65. The van der Waals surface area contributed by atoms with Crippen LogP contribution >= 0.6 is 11.6 Å². The zero-order valence-electron chi connectivity index (χ0n) is 16.4. The highest BCUT2D eigenvalue weighted by molar-refractivity contribution is 6.30. The molecule has 32 heavy (non-hydrogen) atoms. The normalized spacial score (nSPS) is 13.5. The van der Waals surface area contributed by atoms with E-state index in [0.717, 1.165) is 29.8 Å². The van der Waals surface area contributed by atoms with E-state index in [1.807, 2.05) is 5.32 Å². The van der Waals surface area contributed by atoms with E-state index in [1.54, 1.807) is 12.1 Å². The summed E-state index contributed by atoms with van der Waals surface area (Å²) in [6.45, 7) is 0.947. The van der Waals surface area contributed by atoms with Crippen LogP contribution in [0, 0.1) is 5.82 Å². The molecule has 0 aliphatic heterocycles. The largest absolute Gasteiger partial charge is 0.416 e. The van der Waals surface area contributed by atoms with Crippen LogP contribution in [0.2, 0.25) is 5.02 Å². The van der Waals surface area contributed by atoms with Gasteiger partial charge in [-0.2, -0.15) is 23.0 Å². The van der Waals surface area contributed by atoms with Crippen LogP contribution in [-0.2, 0) is 0 Å². The molecule has 0 spiro atoms. The van der Waals surface area contributed by atoms with Gasteiger partial charge in [0, 0.05) is 10.6 Å². The van der Waals surface area contributed by atoms with Gasteiger partial charge in [-0.25, -0.2) is 4.39 Å². The molecule has 0 aliphatic carbocycles. The zero-order valence-corrected chi connectivity index (χ0v) is 17.2. The minimum atomic E-state index is -4.97. The fourth-order valence-corrected chi connectivity index (χ4v) is 2.97. The predicted octanol–water partition coefficient (Wildman–Crippen LogP) is 3.73. The minimum absolute atomic E-state index is 0.00300. The van der Waals surface area contributed by atoms with Gasteiger partial charge in [-0.05, 0) is 43.3 Å². The molecule has 0 saturated heterocycles. The van der Waals surface area contributed by atoms with Gasteiger partial charge in [0.05, 0.1) is 17.4 Å². The van der Waals surface area contributed by atoms with Crippen molar-refractivity contribution < 1.29 is 27.5 Å². The van der Waals surface area contributed by atoms with Crippen LogP contribution in [0.3, 0.4) is 0 Å². The number of benzene rings is 2. The fourth-order valence-electron chi connectivity index (χ4n) is 2.85. The molecule has 0 unspecified atom stereocenters. The minimum Gasteiger partial charge on any atom is -0.382 e. The topological polar surface area (TPSA) is 84.2 Å². The number of nitrogens with zero attached hydrogens (tertiary/aromatic N) is 2. The fraction of sp³-hybridized carbons (Fsp3) is 0.190. The third kappa shape index (κ3) is 5.14. The number of aliphatic hydroxyl groups is 1. The Balaban J connectivity index is 2.11. The van der Waals surface area contributed by atoms with Gasteiger partial charge in [0.25, 0.3) is 11.5 Å². The van der Waals surface area contributed by atoms with Crippen LogP contribution in [0.5, 0.6) is 0 Å². The molecule has 0 radical (unpaired) electrons. The second-order valence-corrected chi connectivity index (χ2v) is 7.33. The van der Waals surface area contributed by atoms with Gasteiger partial charge in [0.1, 0.15) is 11.4 Å². The second kappa shape index (κ2) is 9.09. The molecule has 0 aliphatic rings. The molecule has 1 amide bonds. The Hall–Kier alpha value is -3.24. The molecule has 0 saturated carbocycles. The average molecular weight is 470 g/mol. The molecular formula is C21H16ClF4N3O3. The number of carbonyl (C=O) groups is 1. The van der Waals surface area contributed by atoms with Crippen LogP contribution in [0.4, 0.5) is 17.6 Å². The summed E-state index contributed by atoms with van der Waals surface area (Å²) >= 11 is 5.88. The number of alkyl halides is 3. The van der Waals surface area contributed by atoms with E-state index in [2.05, 4.69) is 5.10 Å². The number of aromatic nitrogens is 2. The highest BCUT2D eigenvalue weighted by Gasteiger charge is 2.42. The van der Waals surface area contributed by atoms with Gasteiger partial charge < -0.3 is 10.4 Å². The number of hydrogen-bond donors (Lipinski definition) is 2. The van der Waals surface area contributed by atoms with Crippen LogP contribution in [0.25, 0.3) is 16.9 Å². The summed E-state index contributed by atoms with van der Waals surface area (Å²) in [6, 6.07) is 10.4. The number of carbonyl (C=O) groups excluding carboxylic acids is 1. The molecule has 168 valence electrons. The lowest BCUT2D eigenvalue weighted by molar-refractivity contribution is -0.209. The molecule has 2 aromatic carbocycles. The molecule has 11 heteroatoms. The highest BCUT2D eigenvalue weighted by Crippen LogP contribution is 2.23. The van der Waals surface area contributed by atoms with Crippen LogP contribution in [-0.4, -0.2) is 39.1 Å². The van der Waals surface area contributed by atoms with E-state index in [1.165, 1.54) is 24.3 Å².